The number of carbonyl (C=O) groups is 1. The maximum Gasteiger partial charge on any atom is 0.311 e. The molecule has 0 aliphatic rings. The summed E-state index contributed by atoms with van der Waals surface area (Å²) in [5, 5.41) is 9.95. The number of phenols is 1. The van der Waals surface area contributed by atoms with Crippen molar-refractivity contribution in [1.82, 2.24) is 0 Å². The number of benzene rings is 2. The molecule has 0 aliphatic heterocycles. The molecule has 0 amide bonds. The van der Waals surface area contributed by atoms with E-state index in [4.69, 9.17) is 9.47 Å². The van der Waals surface area contributed by atoms with Gasteiger partial charge in [0.1, 0.15) is 6.61 Å². The molecule has 0 radical (unpaired) electrons. The van der Waals surface area contributed by atoms with E-state index in [0.29, 0.717) is 18.8 Å². The Balaban J connectivity index is 2.02. The molecule has 0 heterocycles. The van der Waals surface area contributed by atoms with Crippen LogP contribution in [0, 0.1) is 0 Å². The predicted octanol–water partition coefficient (Wildman–Crippen LogP) is 4.46. The lowest BCUT2D eigenvalue weighted by Gasteiger charge is -2.13. The quantitative estimate of drug-likeness (QED) is 0.444. The van der Waals surface area contributed by atoms with Crippen molar-refractivity contribution in [2.45, 2.75) is 39.2 Å². The Morgan fingerprint density at radius 3 is 2.57 bits per heavy atom. The van der Waals surface area contributed by atoms with Crippen LogP contribution < -0.4 is 9.47 Å². The first-order chi connectivity index (χ1) is 11.2. The van der Waals surface area contributed by atoms with Crippen molar-refractivity contribution in [3.63, 3.8) is 0 Å². The summed E-state index contributed by atoms with van der Waals surface area (Å²) in [5.74, 6) is -0.00783. The zero-order valence-corrected chi connectivity index (χ0v) is 13.3. The van der Waals surface area contributed by atoms with Crippen LogP contribution in [0.4, 0.5) is 0 Å². The van der Waals surface area contributed by atoms with E-state index in [1.165, 1.54) is 6.07 Å². The molecule has 0 saturated heterocycles. The molecule has 0 aromatic heterocycles. The first-order valence-corrected chi connectivity index (χ1v) is 7.90. The minimum Gasteiger partial charge on any atom is -0.504 e. The third-order valence-corrected chi connectivity index (χ3v) is 3.40. The van der Waals surface area contributed by atoms with Crippen LogP contribution in [0.1, 0.15) is 38.2 Å². The molecule has 4 nitrogen and oxygen atoms in total. The minimum atomic E-state index is -0.357. The molecule has 2 rings (SSSR count). The number of para-hydroxylation sites is 1. The van der Waals surface area contributed by atoms with Gasteiger partial charge in [0.2, 0.25) is 5.75 Å². The van der Waals surface area contributed by atoms with Gasteiger partial charge in [-0.3, -0.25) is 4.79 Å². The first kappa shape index (κ1) is 16.9. The Labute approximate surface area is 136 Å². The van der Waals surface area contributed by atoms with Crippen molar-refractivity contribution in [3.8, 4) is 17.2 Å². The molecule has 2 aromatic rings. The SMILES string of the molecule is CCCCCC(=O)Oc1c(O)cccc1OCc1ccccc1. The molecule has 0 unspecified atom stereocenters. The third kappa shape index (κ3) is 5.33. The molecule has 1 N–H and O–H groups in total. The summed E-state index contributed by atoms with van der Waals surface area (Å²) >= 11 is 0. The maximum atomic E-state index is 11.9. The molecule has 0 fully saturated rings. The highest BCUT2D eigenvalue weighted by Gasteiger charge is 2.15. The molecule has 122 valence electrons. The normalized spacial score (nSPS) is 10.3. The fourth-order valence-electron chi connectivity index (χ4n) is 2.14. The molecule has 0 aliphatic carbocycles. The van der Waals surface area contributed by atoms with Crippen LogP contribution in [-0.2, 0) is 11.4 Å². The second-order valence-corrected chi connectivity index (χ2v) is 5.31. The van der Waals surface area contributed by atoms with Crippen LogP contribution >= 0.6 is 0 Å². The van der Waals surface area contributed by atoms with E-state index in [-0.39, 0.29) is 17.5 Å². The molecule has 0 bridgehead atoms. The molecular weight excluding hydrogens is 292 g/mol. The van der Waals surface area contributed by atoms with Gasteiger partial charge in [-0.2, -0.15) is 0 Å². The van der Waals surface area contributed by atoms with E-state index in [9.17, 15) is 9.90 Å². The smallest absolute Gasteiger partial charge is 0.311 e. The highest BCUT2D eigenvalue weighted by Crippen LogP contribution is 2.37. The Morgan fingerprint density at radius 2 is 1.83 bits per heavy atom. The van der Waals surface area contributed by atoms with Gasteiger partial charge in [0.05, 0.1) is 0 Å². The number of hydrogen-bond acceptors (Lipinski definition) is 4. The monoisotopic (exact) mass is 314 g/mol. The zero-order valence-electron chi connectivity index (χ0n) is 13.3. The predicted molar refractivity (Wildman–Crippen MR) is 88.7 cm³/mol. The Morgan fingerprint density at radius 1 is 1.04 bits per heavy atom. The summed E-state index contributed by atoms with van der Waals surface area (Å²) in [5.41, 5.74) is 0.996. The van der Waals surface area contributed by atoms with Crippen LogP contribution in [0.5, 0.6) is 17.2 Å². The molecule has 0 saturated carbocycles. The summed E-state index contributed by atoms with van der Waals surface area (Å²) in [6.45, 7) is 2.41. The lowest BCUT2D eigenvalue weighted by atomic mass is 10.2. The van der Waals surface area contributed by atoms with E-state index in [2.05, 4.69) is 6.92 Å². The van der Waals surface area contributed by atoms with Crippen molar-refractivity contribution >= 4 is 5.97 Å². The van der Waals surface area contributed by atoms with Gasteiger partial charge in [0, 0.05) is 6.42 Å². The minimum absolute atomic E-state index is 0.0879. The summed E-state index contributed by atoms with van der Waals surface area (Å²) in [6.07, 6.45) is 3.13. The Kier molecular flexibility index (Phi) is 6.48. The van der Waals surface area contributed by atoms with E-state index in [1.807, 2.05) is 30.3 Å². The van der Waals surface area contributed by atoms with Gasteiger partial charge >= 0.3 is 5.97 Å². The van der Waals surface area contributed by atoms with E-state index >= 15 is 0 Å². The van der Waals surface area contributed by atoms with Crippen LogP contribution in [-0.4, -0.2) is 11.1 Å². The van der Waals surface area contributed by atoms with Gasteiger partial charge in [-0.15, -0.1) is 0 Å². The van der Waals surface area contributed by atoms with Crippen molar-refractivity contribution < 1.29 is 19.4 Å². The average molecular weight is 314 g/mol. The molecule has 0 atom stereocenters. The lowest BCUT2D eigenvalue weighted by Crippen LogP contribution is -2.09. The van der Waals surface area contributed by atoms with Crippen LogP contribution in [0.3, 0.4) is 0 Å². The lowest BCUT2D eigenvalue weighted by molar-refractivity contribution is -0.134. The summed E-state index contributed by atoms with van der Waals surface area (Å²) in [7, 11) is 0. The van der Waals surface area contributed by atoms with Crippen molar-refractivity contribution in [2.75, 3.05) is 0 Å². The fraction of sp³-hybridized carbons (Fsp3) is 0.316. The van der Waals surface area contributed by atoms with Crippen molar-refractivity contribution in [2.24, 2.45) is 0 Å². The topological polar surface area (TPSA) is 55.8 Å². The zero-order chi connectivity index (χ0) is 16.5. The third-order valence-electron chi connectivity index (χ3n) is 3.40. The number of aromatic hydroxyl groups is 1. The van der Waals surface area contributed by atoms with E-state index in [0.717, 1.165) is 24.8 Å². The van der Waals surface area contributed by atoms with Gasteiger partial charge in [0.25, 0.3) is 0 Å². The second-order valence-electron chi connectivity index (χ2n) is 5.31. The van der Waals surface area contributed by atoms with Gasteiger partial charge in [0.15, 0.2) is 11.5 Å². The summed E-state index contributed by atoms with van der Waals surface area (Å²) in [4.78, 5) is 11.9. The van der Waals surface area contributed by atoms with Gasteiger partial charge < -0.3 is 14.6 Å². The number of hydrogen-bond donors (Lipinski definition) is 1. The van der Waals surface area contributed by atoms with Crippen molar-refractivity contribution in [3.05, 3.63) is 54.1 Å². The molecule has 2 aromatic carbocycles. The highest BCUT2D eigenvalue weighted by atomic mass is 16.6. The van der Waals surface area contributed by atoms with Gasteiger partial charge in [-0.1, -0.05) is 56.2 Å². The maximum absolute atomic E-state index is 11.9. The number of carbonyl (C=O) groups excluding carboxylic acids is 1. The van der Waals surface area contributed by atoms with E-state index in [1.54, 1.807) is 12.1 Å². The Hall–Kier alpha value is -2.49. The van der Waals surface area contributed by atoms with Crippen molar-refractivity contribution in [1.29, 1.82) is 0 Å². The molecule has 4 heteroatoms. The summed E-state index contributed by atoms with van der Waals surface area (Å²) in [6, 6.07) is 14.5. The number of phenolic OH excluding ortho intramolecular Hbond substituents is 1. The van der Waals surface area contributed by atoms with Gasteiger partial charge in [-0.25, -0.2) is 0 Å². The summed E-state index contributed by atoms with van der Waals surface area (Å²) < 4.78 is 11.0. The second kappa shape index (κ2) is 8.83. The van der Waals surface area contributed by atoms with E-state index < -0.39 is 0 Å². The first-order valence-electron chi connectivity index (χ1n) is 7.90. The van der Waals surface area contributed by atoms with Crippen LogP contribution in [0.2, 0.25) is 0 Å². The van der Waals surface area contributed by atoms with Crippen LogP contribution in [0.25, 0.3) is 0 Å². The number of esters is 1. The highest BCUT2D eigenvalue weighted by molar-refractivity contribution is 5.74. The molecule has 0 spiro atoms. The standard InChI is InChI=1S/C19H22O4/c1-2-3-5-13-18(21)23-19-16(20)11-8-12-17(19)22-14-15-9-6-4-7-10-15/h4,6-12,20H,2-3,5,13-14H2,1H3. The molecular formula is C19H22O4. The number of ether oxygens (including phenoxy) is 2. The van der Waals surface area contributed by atoms with Crippen LogP contribution in [0.15, 0.2) is 48.5 Å². The molecule has 23 heavy (non-hydrogen) atoms. The fourth-order valence-corrected chi connectivity index (χ4v) is 2.14. The number of unbranched alkanes of at least 4 members (excludes halogenated alkanes) is 2. The Bertz CT molecular complexity index is 623. The largest absolute Gasteiger partial charge is 0.504 e. The average Bonchev–Trinajstić information content (AvgIpc) is 2.56. The number of rotatable bonds is 8. The van der Waals surface area contributed by atoms with Gasteiger partial charge in [-0.05, 0) is 24.1 Å².